The number of carboxylic acid groups (broad SMARTS) is 1. The summed E-state index contributed by atoms with van der Waals surface area (Å²) in [4.78, 5) is 22.2. The van der Waals surface area contributed by atoms with Gasteiger partial charge in [0.1, 0.15) is 0 Å². The first-order chi connectivity index (χ1) is 8.04. The second kappa shape index (κ2) is 6.35. The molecular weight excluding hydrogens is 284 g/mol. The molecule has 90 valence electrons. The van der Waals surface area contributed by atoms with Crippen LogP contribution in [0.1, 0.15) is 27.9 Å². The first-order valence-electron chi connectivity index (χ1n) is 5.15. The second-order valence-electron chi connectivity index (χ2n) is 3.61. The van der Waals surface area contributed by atoms with Crippen molar-refractivity contribution in [3.05, 3.63) is 41.0 Å². The first-order valence-corrected chi connectivity index (χ1v) is 6.27. The molecule has 0 saturated carbocycles. The number of benzene rings is 1. The average Bonchev–Trinajstić information content (AvgIpc) is 2.28. The minimum Gasteiger partial charge on any atom is -0.478 e. The van der Waals surface area contributed by atoms with Crippen LogP contribution in [0.3, 0.4) is 0 Å². The van der Waals surface area contributed by atoms with Crippen LogP contribution in [0.4, 0.5) is 0 Å². The Morgan fingerprint density at radius 2 is 2.12 bits per heavy atom. The molecule has 0 aliphatic heterocycles. The molecule has 0 fully saturated rings. The zero-order chi connectivity index (χ0) is 12.8. The van der Waals surface area contributed by atoms with E-state index in [1.54, 1.807) is 12.1 Å². The van der Waals surface area contributed by atoms with Crippen molar-refractivity contribution in [1.82, 2.24) is 0 Å². The summed E-state index contributed by atoms with van der Waals surface area (Å²) < 4.78 is 0. The predicted octanol–water partition coefficient (Wildman–Crippen LogP) is 3.06. The minimum atomic E-state index is -1.00. The summed E-state index contributed by atoms with van der Waals surface area (Å²) in [5.41, 5.74) is 2.27. The Kier molecular flexibility index (Phi) is 5.10. The number of rotatable bonds is 5. The van der Waals surface area contributed by atoms with Crippen molar-refractivity contribution < 1.29 is 14.7 Å². The van der Waals surface area contributed by atoms with Crippen LogP contribution in [0.15, 0.2) is 24.3 Å². The number of aryl methyl sites for hydroxylation is 1. The van der Waals surface area contributed by atoms with Gasteiger partial charge in [-0.2, -0.15) is 0 Å². The van der Waals surface area contributed by atoms with E-state index < -0.39 is 5.97 Å². The molecule has 0 aliphatic carbocycles. The van der Waals surface area contributed by atoms with Crippen LogP contribution in [-0.2, 0) is 4.79 Å². The summed E-state index contributed by atoms with van der Waals surface area (Å²) in [5.74, 6) is -0.941. The monoisotopic (exact) mass is 296 g/mol. The van der Waals surface area contributed by atoms with Crippen LogP contribution >= 0.6 is 15.9 Å². The third kappa shape index (κ3) is 4.15. The number of carbonyl (C=O) groups excluding carboxylic acids is 1. The number of hydrogen-bond donors (Lipinski definition) is 1. The Hall–Kier alpha value is -1.42. The Bertz CT molecular complexity index is 464. The van der Waals surface area contributed by atoms with Gasteiger partial charge in [0.2, 0.25) is 0 Å². The maximum absolute atomic E-state index is 11.8. The molecule has 0 heterocycles. The zero-order valence-corrected chi connectivity index (χ0v) is 11.0. The van der Waals surface area contributed by atoms with Gasteiger partial charge in [0, 0.05) is 23.4 Å². The van der Waals surface area contributed by atoms with Gasteiger partial charge < -0.3 is 5.11 Å². The van der Waals surface area contributed by atoms with Crippen LogP contribution < -0.4 is 0 Å². The number of carboxylic acids is 1. The molecule has 3 nitrogen and oxygen atoms in total. The highest BCUT2D eigenvalue weighted by Crippen LogP contribution is 2.15. The number of carbonyl (C=O) groups is 2. The van der Waals surface area contributed by atoms with Gasteiger partial charge in [-0.25, -0.2) is 4.79 Å². The molecule has 1 N–H and O–H groups in total. The summed E-state index contributed by atoms with van der Waals surface area (Å²) in [6, 6.07) is 5.34. The van der Waals surface area contributed by atoms with E-state index in [1.165, 1.54) is 6.08 Å². The Balaban J connectivity index is 3.02. The summed E-state index contributed by atoms with van der Waals surface area (Å²) in [6.07, 6.45) is 2.98. The van der Waals surface area contributed by atoms with E-state index in [4.69, 9.17) is 5.11 Å². The molecule has 1 rings (SSSR count). The van der Waals surface area contributed by atoms with E-state index >= 15 is 0 Å². The van der Waals surface area contributed by atoms with Gasteiger partial charge >= 0.3 is 5.97 Å². The molecule has 17 heavy (non-hydrogen) atoms. The van der Waals surface area contributed by atoms with Gasteiger partial charge in [-0.15, -0.1) is 0 Å². The molecule has 0 aromatic heterocycles. The predicted molar refractivity (Wildman–Crippen MR) is 70.6 cm³/mol. The lowest BCUT2D eigenvalue weighted by Gasteiger charge is -2.05. The van der Waals surface area contributed by atoms with Crippen molar-refractivity contribution in [2.24, 2.45) is 0 Å². The number of ketones is 1. The summed E-state index contributed by atoms with van der Waals surface area (Å²) in [5, 5.41) is 9.16. The molecule has 0 unspecified atom stereocenters. The molecule has 4 heteroatoms. The minimum absolute atomic E-state index is 0.0601. The molecule has 1 aromatic rings. The maximum Gasteiger partial charge on any atom is 0.328 e. The highest BCUT2D eigenvalue weighted by atomic mass is 79.9. The SMILES string of the molecule is Cc1ccc(/C=C/C(=O)O)cc1C(=O)CCBr. The van der Waals surface area contributed by atoms with Gasteiger partial charge in [0.25, 0.3) is 0 Å². The topological polar surface area (TPSA) is 54.4 Å². The van der Waals surface area contributed by atoms with Crippen molar-refractivity contribution in [2.45, 2.75) is 13.3 Å². The normalized spacial score (nSPS) is 10.7. The van der Waals surface area contributed by atoms with Crippen molar-refractivity contribution in [3.8, 4) is 0 Å². The van der Waals surface area contributed by atoms with E-state index in [2.05, 4.69) is 15.9 Å². The third-order valence-electron chi connectivity index (χ3n) is 2.30. The number of halogens is 1. The largest absolute Gasteiger partial charge is 0.478 e. The summed E-state index contributed by atoms with van der Waals surface area (Å²) in [6.45, 7) is 1.87. The third-order valence-corrected chi connectivity index (χ3v) is 2.70. The van der Waals surface area contributed by atoms with Crippen molar-refractivity contribution in [3.63, 3.8) is 0 Å². The van der Waals surface area contributed by atoms with E-state index in [0.29, 0.717) is 17.3 Å². The van der Waals surface area contributed by atoms with Gasteiger partial charge in [0.05, 0.1) is 0 Å². The first kappa shape index (κ1) is 13.6. The summed E-state index contributed by atoms with van der Waals surface area (Å²) >= 11 is 3.23. The lowest BCUT2D eigenvalue weighted by atomic mass is 10.00. The quantitative estimate of drug-likeness (QED) is 0.516. The van der Waals surface area contributed by atoms with Gasteiger partial charge in [-0.3, -0.25) is 4.79 Å². The Morgan fingerprint density at radius 3 is 2.71 bits per heavy atom. The highest BCUT2D eigenvalue weighted by molar-refractivity contribution is 9.09. The fourth-order valence-electron chi connectivity index (χ4n) is 1.43. The number of alkyl halides is 1. The smallest absolute Gasteiger partial charge is 0.328 e. The van der Waals surface area contributed by atoms with Crippen LogP contribution in [0.5, 0.6) is 0 Å². The fourth-order valence-corrected chi connectivity index (χ4v) is 1.79. The lowest BCUT2D eigenvalue weighted by Crippen LogP contribution is -2.02. The van der Waals surface area contributed by atoms with Gasteiger partial charge in [0.15, 0.2) is 5.78 Å². The summed E-state index contributed by atoms with van der Waals surface area (Å²) in [7, 11) is 0. The second-order valence-corrected chi connectivity index (χ2v) is 4.40. The van der Waals surface area contributed by atoms with E-state index in [0.717, 1.165) is 17.2 Å². The fraction of sp³-hybridized carbons (Fsp3) is 0.231. The van der Waals surface area contributed by atoms with E-state index in [9.17, 15) is 9.59 Å². The standard InChI is InChI=1S/C13H13BrO3/c1-9-2-3-10(4-5-13(16)17)8-11(9)12(15)6-7-14/h2-5,8H,6-7H2,1H3,(H,16,17)/b5-4+. The molecule has 0 radical (unpaired) electrons. The number of hydrogen-bond acceptors (Lipinski definition) is 2. The molecule has 0 saturated heterocycles. The molecule has 0 atom stereocenters. The Labute approximate surface area is 108 Å². The molecular formula is C13H13BrO3. The van der Waals surface area contributed by atoms with Gasteiger partial charge in [-0.1, -0.05) is 28.1 Å². The van der Waals surface area contributed by atoms with Crippen molar-refractivity contribution in [2.75, 3.05) is 5.33 Å². The van der Waals surface area contributed by atoms with Crippen LogP contribution in [-0.4, -0.2) is 22.2 Å². The number of Topliss-reactive ketones (excluding diaryl/α,β-unsaturated/α-hetero) is 1. The van der Waals surface area contributed by atoms with Crippen molar-refractivity contribution in [1.29, 1.82) is 0 Å². The Morgan fingerprint density at radius 1 is 1.41 bits per heavy atom. The lowest BCUT2D eigenvalue weighted by molar-refractivity contribution is -0.131. The molecule has 0 amide bonds. The maximum atomic E-state index is 11.8. The van der Waals surface area contributed by atoms with E-state index in [-0.39, 0.29) is 5.78 Å². The van der Waals surface area contributed by atoms with Crippen LogP contribution in [0.25, 0.3) is 6.08 Å². The highest BCUT2D eigenvalue weighted by Gasteiger charge is 2.08. The van der Waals surface area contributed by atoms with E-state index in [1.807, 2.05) is 13.0 Å². The average molecular weight is 297 g/mol. The van der Waals surface area contributed by atoms with Gasteiger partial charge in [-0.05, 0) is 30.2 Å². The molecule has 0 aliphatic rings. The van der Waals surface area contributed by atoms with Crippen molar-refractivity contribution >= 4 is 33.8 Å². The molecule has 0 bridgehead atoms. The van der Waals surface area contributed by atoms with Crippen LogP contribution in [0, 0.1) is 6.92 Å². The zero-order valence-electron chi connectivity index (χ0n) is 9.44. The van der Waals surface area contributed by atoms with Crippen LogP contribution in [0.2, 0.25) is 0 Å². The number of aliphatic carboxylic acids is 1. The molecule has 1 aromatic carbocycles. The molecule has 0 spiro atoms.